The molecule has 4 heteroatoms. The molecule has 2 N–H and O–H groups in total. The number of amides is 2. The molecule has 2 amide bonds. The van der Waals surface area contributed by atoms with Crippen LogP contribution in [0.15, 0.2) is 24.8 Å². The number of hydrogen-bond donors (Lipinski definition) is 2. The molecule has 0 aliphatic heterocycles. The number of benzene rings is 1. The monoisotopic (exact) mass is 332 g/mol. The quantitative estimate of drug-likeness (QED) is 0.589. The van der Waals surface area contributed by atoms with Crippen LogP contribution < -0.4 is 10.6 Å². The molecule has 0 unspecified atom stereocenters. The maximum atomic E-state index is 12.2. The van der Waals surface area contributed by atoms with Crippen LogP contribution in [0, 0.1) is 5.92 Å². The van der Waals surface area contributed by atoms with E-state index in [-0.39, 0.29) is 8.76 Å². The Morgan fingerprint density at radius 2 is 2.12 bits per heavy atom. The van der Waals surface area contributed by atoms with E-state index in [1.54, 1.807) is 0 Å². The molecule has 0 saturated heterocycles. The Bertz CT molecular complexity index is 599. The predicted octanol–water partition coefficient (Wildman–Crippen LogP) is 5.47. The largest absolute Gasteiger partial charge is 0.328 e. The fraction of sp³-hybridized carbons (Fsp3) is 0.500. The summed E-state index contributed by atoms with van der Waals surface area (Å²) in [6.07, 6.45) is 9.10. The lowest BCUT2D eigenvalue weighted by atomic mass is 9.99. The van der Waals surface area contributed by atoms with Crippen molar-refractivity contribution >= 4 is 29.3 Å². The van der Waals surface area contributed by atoms with E-state index in [1.165, 1.54) is 12.8 Å². The lowest BCUT2D eigenvalue weighted by molar-refractivity contribution is -0.117. The molecule has 0 radical (unpaired) electrons. The predicted molar refractivity (Wildman–Crippen MR) is 104 cm³/mol. The summed E-state index contributed by atoms with van der Waals surface area (Å²) < 4.78 is 0. The molecule has 0 heterocycles. The summed E-state index contributed by atoms with van der Waals surface area (Å²) in [5.74, 6) is 0.571. The van der Waals surface area contributed by atoms with Gasteiger partial charge in [-0.1, -0.05) is 38.8 Å². The van der Waals surface area contributed by atoms with Crippen LogP contribution in [0.5, 0.6) is 0 Å². The number of allylic oxidation sites excluding steroid dienone is 1. The third-order valence-corrected chi connectivity index (χ3v) is 4.68. The highest BCUT2D eigenvalue weighted by molar-refractivity contribution is 5.93. The van der Waals surface area contributed by atoms with E-state index in [9.17, 15) is 9.59 Å². The van der Waals surface area contributed by atoms with Gasteiger partial charge >= 0.3 is 0 Å². The van der Waals surface area contributed by atoms with Crippen LogP contribution in [-0.2, 0) is 9.59 Å². The van der Waals surface area contributed by atoms with Gasteiger partial charge in [0.15, 0.2) is 0 Å². The van der Waals surface area contributed by atoms with Crippen LogP contribution in [0.2, 0.25) is 0 Å². The molecule has 1 fully saturated rings. The van der Waals surface area contributed by atoms with Gasteiger partial charge in [-0.05, 0) is 49.3 Å². The smallest absolute Gasteiger partial charge is 0.224 e. The summed E-state index contributed by atoms with van der Waals surface area (Å²) >= 11 is 0. The van der Waals surface area contributed by atoms with Gasteiger partial charge < -0.3 is 10.6 Å². The molecule has 2 rings (SSSR count). The molecule has 0 aromatic heterocycles. The van der Waals surface area contributed by atoms with E-state index in [1.807, 2.05) is 18.2 Å². The highest BCUT2D eigenvalue weighted by atomic mass is 16.1. The molecule has 1 aromatic rings. The topological polar surface area (TPSA) is 58.2 Å². The van der Waals surface area contributed by atoms with E-state index in [0.717, 1.165) is 48.9 Å². The van der Waals surface area contributed by atoms with E-state index in [0.29, 0.717) is 24.4 Å². The van der Waals surface area contributed by atoms with Gasteiger partial charge in [-0.15, -0.1) is 0 Å². The van der Waals surface area contributed by atoms with Crippen molar-refractivity contribution in [3.05, 3.63) is 30.3 Å². The Hall–Kier alpha value is -2.10. The average molecular weight is 332 g/mol. The van der Waals surface area contributed by atoms with Crippen LogP contribution in [-0.4, -0.2) is 12.3 Å². The normalized spacial score (nSPS) is 14.4. The average Bonchev–Trinajstić information content (AvgIpc) is 3.06. The highest BCUT2D eigenvalue weighted by Crippen LogP contribution is 2.30. The van der Waals surface area contributed by atoms with Gasteiger partial charge in [-0.2, -0.15) is 0 Å². The SMILES string of the molecule is C=C(CCCC)c1ccc(NC(=O)CC2CCCC2)cc1NC=O.[HH].[HH]. The van der Waals surface area contributed by atoms with E-state index < -0.39 is 0 Å². The first kappa shape index (κ1) is 18.2. The Morgan fingerprint density at radius 3 is 2.79 bits per heavy atom. The lowest BCUT2D eigenvalue weighted by Gasteiger charge is -2.14. The van der Waals surface area contributed by atoms with E-state index in [2.05, 4.69) is 24.1 Å². The minimum atomic E-state index is 0. The summed E-state index contributed by atoms with van der Waals surface area (Å²) in [7, 11) is 0. The second-order valence-corrected chi connectivity index (χ2v) is 6.63. The number of carbonyl (C=O) groups excluding carboxylic acids is 2. The molecule has 0 bridgehead atoms. The van der Waals surface area contributed by atoms with Crippen LogP contribution >= 0.6 is 0 Å². The van der Waals surface area contributed by atoms with Crippen LogP contribution in [0.1, 0.15) is 66.7 Å². The number of anilines is 2. The number of carbonyl (C=O) groups is 2. The van der Waals surface area contributed by atoms with Gasteiger partial charge in [0.2, 0.25) is 12.3 Å². The van der Waals surface area contributed by atoms with E-state index >= 15 is 0 Å². The van der Waals surface area contributed by atoms with Crippen molar-refractivity contribution in [3.63, 3.8) is 0 Å². The van der Waals surface area contributed by atoms with Crippen molar-refractivity contribution < 1.29 is 12.4 Å². The van der Waals surface area contributed by atoms with Gasteiger partial charge in [-0.25, -0.2) is 0 Å². The Kier molecular flexibility index (Phi) is 7.04. The van der Waals surface area contributed by atoms with Crippen LogP contribution in [0.3, 0.4) is 0 Å². The maximum absolute atomic E-state index is 12.2. The summed E-state index contributed by atoms with van der Waals surface area (Å²) in [6, 6.07) is 5.62. The zero-order valence-corrected chi connectivity index (χ0v) is 14.6. The second-order valence-electron chi connectivity index (χ2n) is 6.63. The van der Waals surface area contributed by atoms with Crippen molar-refractivity contribution in [2.24, 2.45) is 5.92 Å². The van der Waals surface area contributed by atoms with Gasteiger partial charge in [0.05, 0.1) is 5.69 Å². The molecule has 24 heavy (non-hydrogen) atoms. The molecule has 1 saturated carbocycles. The van der Waals surface area contributed by atoms with Crippen molar-refractivity contribution in [2.45, 2.75) is 58.3 Å². The third kappa shape index (κ3) is 5.22. The van der Waals surface area contributed by atoms with Gasteiger partial charge in [0.1, 0.15) is 0 Å². The fourth-order valence-corrected chi connectivity index (χ4v) is 3.33. The molecule has 1 aromatic carbocycles. The van der Waals surface area contributed by atoms with Crippen LogP contribution in [0.25, 0.3) is 5.57 Å². The summed E-state index contributed by atoms with van der Waals surface area (Å²) in [5.41, 5.74) is 3.36. The minimum absolute atomic E-state index is 0. The van der Waals surface area contributed by atoms with Crippen molar-refractivity contribution in [3.8, 4) is 0 Å². The molecule has 4 nitrogen and oxygen atoms in total. The first-order chi connectivity index (χ1) is 11.6. The molecule has 0 spiro atoms. The zero-order valence-electron chi connectivity index (χ0n) is 14.6. The molecule has 1 aliphatic carbocycles. The van der Waals surface area contributed by atoms with Gasteiger partial charge in [-0.3, -0.25) is 9.59 Å². The van der Waals surface area contributed by atoms with Crippen molar-refractivity contribution in [1.82, 2.24) is 0 Å². The zero-order chi connectivity index (χ0) is 17.4. The fourth-order valence-electron chi connectivity index (χ4n) is 3.33. The van der Waals surface area contributed by atoms with Crippen molar-refractivity contribution in [2.75, 3.05) is 10.6 Å². The maximum Gasteiger partial charge on any atom is 0.224 e. The Morgan fingerprint density at radius 1 is 1.38 bits per heavy atom. The Labute approximate surface area is 147 Å². The lowest BCUT2D eigenvalue weighted by Crippen LogP contribution is -2.15. The molecular weight excluding hydrogens is 300 g/mol. The Balaban J connectivity index is 0.00000312. The summed E-state index contributed by atoms with van der Waals surface area (Å²) in [6.45, 7) is 6.26. The second kappa shape index (κ2) is 9.26. The summed E-state index contributed by atoms with van der Waals surface area (Å²) in [4.78, 5) is 23.1. The number of hydrogen-bond acceptors (Lipinski definition) is 2. The number of rotatable bonds is 9. The highest BCUT2D eigenvalue weighted by Gasteiger charge is 2.18. The molecule has 1 aliphatic rings. The van der Waals surface area contributed by atoms with Crippen LogP contribution in [0.4, 0.5) is 11.4 Å². The first-order valence-electron chi connectivity index (χ1n) is 8.96. The van der Waals surface area contributed by atoms with Gasteiger partial charge in [0.25, 0.3) is 0 Å². The molecule has 0 atom stereocenters. The van der Waals surface area contributed by atoms with E-state index in [4.69, 9.17) is 0 Å². The standard InChI is InChI=1S/C20H28N2O2.2H2/c1-3-4-7-15(2)18-11-10-17(13-19(18)21-14-23)22-20(24)12-16-8-5-6-9-16;;/h10-11,13-14,16H,2-9,12H2,1H3,(H,21,23)(H,22,24);2*1H. The first-order valence-corrected chi connectivity index (χ1v) is 8.96. The molecule has 134 valence electrons. The third-order valence-electron chi connectivity index (χ3n) is 4.68. The number of unbranched alkanes of at least 4 members (excludes halogenated alkanes) is 1. The van der Waals surface area contributed by atoms with Crippen molar-refractivity contribution in [1.29, 1.82) is 0 Å². The summed E-state index contributed by atoms with van der Waals surface area (Å²) in [5, 5.41) is 5.68. The molecular formula is C20H32N2O2. The number of nitrogens with one attached hydrogen (secondary N) is 2. The minimum Gasteiger partial charge on any atom is -0.328 e. The van der Waals surface area contributed by atoms with Gasteiger partial charge in [0, 0.05) is 20.5 Å².